The fraction of sp³-hybridized carbons (Fsp3) is 0.667. The van der Waals surface area contributed by atoms with Gasteiger partial charge < -0.3 is 10.2 Å². The first-order valence-corrected chi connectivity index (χ1v) is 9.10. The van der Waals surface area contributed by atoms with Gasteiger partial charge in [-0.05, 0) is 51.5 Å². The molecular formula is C21H30O3. The van der Waals surface area contributed by atoms with Gasteiger partial charge in [-0.1, -0.05) is 37.1 Å². The highest BCUT2D eigenvalue weighted by Crippen LogP contribution is 2.62. The van der Waals surface area contributed by atoms with Crippen LogP contribution in [0.1, 0.15) is 47.5 Å². The molecule has 0 saturated heterocycles. The standard InChI is InChI=1S/C21H30O3/c1-6-13(3)17-14(4)8-15-7-12(2)9-21(24)10-16(11-22)19(23)20(17,5)18(15)21/h6,8,10,12,15,17-18,22,24H,7,9,11H2,1-5H3/b13-6+. The molecule has 2 N–H and O–H groups in total. The fourth-order valence-electron chi connectivity index (χ4n) is 6.20. The Morgan fingerprint density at radius 1 is 1.46 bits per heavy atom. The van der Waals surface area contributed by atoms with Crippen LogP contribution in [0.25, 0.3) is 0 Å². The number of allylic oxidation sites excluding steroid dienone is 4. The van der Waals surface area contributed by atoms with E-state index in [1.54, 1.807) is 6.08 Å². The molecule has 1 saturated carbocycles. The maximum absolute atomic E-state index is 13.3. The number of aliphatic hydroxyl groups is 2. The SMILES string of the molecule is C/C=C(\C)C1C(C)=CC2CC(C)CC3(O)C=C(CO)C(=O)C1(C)C23. The van der Waals surface area contributed by atoms with Gasteiger partial charge in [0.2, 0.25) is 0 Å². The minimum atomic E-state index is -1.01. The van der Waals surface area contributed by atoms with Gasteiger partial charge in [0.25, 0.3) is 0 Å². The molecule has 1 fully saturated rings. The van der Waals surface area contributed by atoms with Crippen LogP contribution in [0.2, 0.25) is 0 Å². The lowest BCUT2D eigenvalue weighted by Gasteiger charge is -2.60. The molecule has 0 bridgehead atoms. The van der Waals surface area contributed by atoms with Crippen molar-refractivity contribution < 1.29 is 15.0 Å². The van der Waals surface area contributed by atoms with E-state index in [-0.39, 0.29) is 30.1 Å². The van der Waals surface area contributed by atoms with E-state index in [2.05, 4.69) is 32.9 Å². The minimum Gasteiger partial charge on any atom is -0.392 e. The molecule has 132 valence electrons. The zero-order valence-electron chi connectivity index (χ0n) is 15.5. The van der Waals surface area contributed by atoms with Gasteiger partial charge in [-0.3, -0.25) is 4.79 Å². The van der Waals surface area contributed by atoms with E-state index in [4.69, 9.17) is 0 Å². The van der Waals surface area contributed by atoms with Gasteiger partial charge in [-0.25, -0.2) is 0 Å². The maximum atomic E-state index is 13.3. The van der Waals surface area contributed by atoms with Crippen LogP contribution in [0.4, 0.5) is 0 Å². The zero-order chi connectivity index (χ0) is 17.9. The number of rotatable bonds is 2. The minimum absolute atomic E-state index is 0.00793. The Kier molecular flexibility index (Phi) is 4.17. The molecule has 3 rings (SSSR count). The van der Waals surface area contributed by atoms with Gasteiger partial charge >= 0.3 is 0 Å². The topological polar surface area (TPSA) is 57.5 Å². The van der Waals surface area contributed by atoms with Crippen LogP contribution >= 0.6 is 0 Å². The molecule has 0 aromatic heterocycles. The van der Waals surface area contributed by atoms with Crippen LogP contribution in [0.15, 0.2) is 34.9 Å². The smallest absolute Gasteiger partial charge is 0.168 e. The summed E-state index contributed by atoms with van der Waals surface area (Å²) in [6.45, 7) is 10.1. The van der Waals surface area contributed by atoms with E-state index in [9.17, 15) is 15.0 Å². The molecule has 3 aliphatic carbocycles. The number of hydrogen-bond donors (Lipinski definition) is 2. The molecule has 0 amide bonds. The summed E-state index contributed by atoms with van der Waals surface area (Å²) in [6, 6.07) is 0. The van der Waals surface area contributed by atoms with Gasteiger partial charge in [-0.2, -0.15) is 0 Å². The van der Waals surface area contributed by atoms with Crippen LogP contribution in [0.3, 0.4) is 0 Å². The molecule has 0 radical (unpaired) electrons. The van der Waals surface area contributed by atoms with E-state index in [1.165, 1.54) is 11.1 Å². The second-order valence-corrected chi connectivity index (χ2v) is 8.49. The fourth-order valence-corrected chi connectivity index (χ4v) is 6.20. The molecule has 0 spiro atoms. The lowest BCUT2D eigenvalue weighted by molar-refractivity contribution is -0.155. The third kappa shape index (κ3) is 2.21. The number of Topliss-reactive ketones (excluding diaryl/α,β-unsaturated/α-hetero) is 1. The summed E-state index contributed by atoms with van der Waals surface area (Å²) in [5.74, 6) is 0.496. The summed E-state index contributed by atoms with van der Waals surface area (Å²) < 4.78 is 0. The number of aliphatic hydroxyl groups excluding tert-OH is 1. The Morgan fingerprint density at radius 2 is 2.12 bits per heavy atom. The Bertz CT molecular complexity index is 656. The summed E-state index contributed by atoms with van der Waals surface area (Å²) >= 11 is 0. The quantitative estimate of drug-likeness (QED) is 0.763. The maximum Gasteiger partial charge on any atom is 0.168 e. The third-order valence-electron chi connectivity index (χ3n) is 6.78. The summed E-state index contributed by atoms with van der Waals surface area (Å²) in [6.07, 6.45) is 7.73. The van der Waals surface area contributed by atoms with Crippen molar-refractivity contribution in [2.45, 2.75) is 53.1 Å². The molecule has 24 heavy (non-hydrogen) atoms. The molecule has 0 aliphatic heterocycles. The van der Waals surface area contributed by atoms with Crippen molar-refractivity contribution in [3.63, 3.8) is 0 Å². The van der Waals surface area contributed by atoms with Gasteiger partial charge in [0.05, 0.1) is 12.2 Å². The Morgan fingerprint density at radius 3 is 2.71 bits per heavy atom. The highest BCUT2D eigenvalue weighted by molar-refractivity contribution is 6.02. The molecule has 0 aromatic rings. The first kappa shape index (κ1) is 17.6. The monoisotopic (exact) mass is 330 g/mol. The van der Waals surface area contributed by atoms with Crippen LogP contribution in [-0.2, 0) is 4.79 Å². The van der Waals surface area contributed by atoms with Crippen molar-refractivity contribution in [3.05, 3.63) is 34.9 Å². The third-order valence-corrected chi connectivity index (χ3v) is 6.78. The van der Waals surface area contributed by atoms with Gasteiger partial charge in [0, 0.05) is 22.8 Å². The zero-order valence-corrected chi connectivity index (χ0v) is 15.5. The van der Waals surface area contributed by atoms with Gasteiger partial charge in [0.1, 0.15) is 0 Å². The highest BCUT2D eigenvalue weighted by atomic mass is 16.3. The van der Waals surface area contributed by atoms with Crippen molar-refractivity contribution in [2.75, 3.05) is 6.61 Å². The van der Waals surface area contributed by atoms with Crippen molar-refractivity contribution >= 4 is 5.78 Å². The van der Waals surface area contributed by atoms with Gasteiger partial charge in [-0.15, -0.1) is 0 Å². The number of ketones is 1. The van der Waals surface area contributed by atoms with Crippen LogP contribution in [0.5, 0.6) is 0 Å². The molecule has 6 atom stereocenters. The molecule has 0 aromatic carbocycles. The lowest BCUT2D eigenvalue weighted by Crippen LogP contribution is -2.63. The van der Waals surface area contributed by atoms with Crippen molar-refractivity contribution in [1.82, 2.24) is 0 Å². The lowest BCUT2D eigenvalue weighted by atomic mass is 9.44. The highest BCUT2D eigenvalue weighted by Gasteiger charge is 2.63. The van der Waals surface area contributed by atoms with E-state index >= 15 is 0 Å². The molecule has 3 heteroatoms. The van der Waals surface area contributed by atoms with Crippen molar-refractivity contribution in [1.29, 1.82) is 0 Å². The average Bonchev–Trinajstić information content (AvgIpc) is 2.49. The number of carbonyl (C=O) groups is 1. The Hall–Kier alpha value is -1.19. The summed E-state index contributed by atoms with van der Waals surface area (Å²) in [7, 11) is 0. The van der Waals surface area contributed by atoms with Crippen LogP contribution < -0.4 is 0 Å². The number of carbonyl (C=O) groups excluding carboxylic acids is 1. The summed E-state index contributed by atoms with van der Waals surface area (Å²) in [5.41, 5.74) is 1.07. The van der Waals surface area contributed by atoms with E-state index in [1.807, 2.05) is 13.8 Å². The molecular weight excluding hydrogens is 300 g/mol. The van der Waals surface area contributed by atoms with E-state index in [0.717, 1.165) is 6.42 Å². The van der Waals surface area contributed by atoms with Crippen LogP contribution in [0, 0.1) is 29.1 Å². The van der Waals surface area contributed by atoms with E-state index < -0.39 is 11.0 Å². The number of hydrogen-bond acceptors (Lipinski definition) is 3. The van der Waals surface area contributed by atoms with Gasteiger partial charge in [0.15, 0.2) is 5.78 Å². The normalized spacial score (nSPS) is 45.5. The first-order chi connectivity index (χ1) is 11.2. The molecule has 3 aliphatic rings. The Balaban J connectivity index is 2.28. The Labute approximate surface area is 145 Å². The van der Waals surface area contributed by atoms with Crippen molar-refractivity contribution in [2.24, 2.45) is 29.1 Å². The average molecular weight is 330 g/mol. The molecule has 0 heterocycles. The van der Waals surface area contributed by atoms with Crippen molar-refractivity contribution in [3.8, 4) is 0 Å². The van der Waals surface area contributed by atoms with E-state index in [0.29, 0.717) is 17.9 Å². The predicted octanol–water partition coefficient (Wildman–Crippen LogP) is 3.43. The molecule has 6 unspecified atom stereocenters. The summed E-state index contributed by atoms with van der Waals surface area (Å²) in [4.78, 5) is 13.3. The second-order valence-electron chi connectivity index (χ2n) is 8.49. The van der Waals surface area contributed by atoms with Crippen LogP contribution in [-0.4, -0.2) is 28.2 Å². The second kappa shape index (κ2) is 5.67. The predicted molar refractivity (Wildman–Crippen MR) is 95.3 cm³/mol. The first-order valence-electron chi connectivity index (χ1n) is 9.10. The summed E-state index contributed by atoms with van der Waals surface area (Å²) in [5, 5.41) is 21.3. The largest absolute Gasteiger partial charge is 0.392 e. The molecule has 3 nitrogen and oxygen atoms in total.